The van der Waals surface area contributed by atoms with Crippen LogP contribution in [0.25, 0.3) is 6.08 Å². The number of quaternary nitrogens is 2. The van der Waals surface area contributed by atoms with Gasteiger partial charge in [-0.3, -0.25) is 14.9 Å². The summed E-state index contributed by atoms with van der Waals surface area (Å²) in [6, 6.07) is 9.12. The lowest BCUT2D eigenvalue weighted by atomic mass is 10.0. The second-order valence-electron chi connectivity index (χ2n) is 7.62. The molecular weight excluding hydrogens is 374 g/mol. The Labute approximate surface area is 167 Å². The number of ether oxygens (including phenoxy) is 1. The van der Waals surface area contributed by atoms with Gasteiger partial charge in [-0.15, -0.1) is 0 Å². The number of nitrogens with one attached hydrogen (secondary N) is 2. The van der Waals surface area contributed by atoms with E-state index in [-0.39, 0.29) is 23.0 Å². The number of rotatable bonds is 4. The number of phenols is 1. The average Bonchev–Trinajstić information content (AvgIpc) is 3.01. The van der Waals surface area contributed by atoms with Crippen LogP contribution in [0.1, 0.15) is 21.5 Å². The molecule has 0 unspecified atom stereocenters. The Morgan fingerprint density at radius 3 is 2.69 bits per heavy atom. The number of allylic oxidation sites excluding steroid dienone is 1. The molecule has 0 atom stereocenters. The molecule has 0 saturated carbocycles. The lowest BCUT2D eigenvalue weighted by Crippen LogP contribution is -3.26. The molecule has 1 fully saturated rings. The maximum atomic E-state index is 12.8. The van der Waals surface area contributed by atoms with Crippen LogP contribution in [0, 0.1) is 10.1 Å². The first kappa shape index (κ1) is 19.1. The summed E-state index contributed by atoms with van der Waals surface area (Å²) in [6.07, 6.45) is 1.50. The zero-order valence-electron chi connectivity index (χ0n) is 16.1. The number of aromatic hydroxyl groups is 1. The number of hydrogen-bond acceptors (Lipinski definition) is 5. The normalized spacial score (nSPS) is 22.4. The Hall–Kier alpha value is -3.23. The SMILES string of the molecule is C[NH+]1CC[NH+](Cc2c(O)ccc3c2O/C(=C\c2cccc([N+](=O)[O-])c2)C3=O)CC1. The summed E-state index contributed by atoms with van der Waals surface area (Å²) in [6.45, 7) is 4.67. The largest absolute Gasteiger partial charge is 0.507 e. The number of carbonyl (C=O) groups excluding carboxylic acids is 1. The molecule has 29 heavy (non-hydrogen) atoms. The summed E-state index contributed by atoms with van der Waals surface area (Å²) < 4.78 is 5.86. The first-order valence-corrected chi connectivity index (χ1v) is 9.61. The average molecular weight is 397 g/mol. The van der Waals surface area contributed by atoms with Crippen molar-refractivity contribution in [2.45, 2.75) is 6.54 Å². The highest BCUT2D eigenvalue weighted by Crippen LogP contribution is 2.39. The van der Waals surface area contributed by atoms with Crippen molar-refractivity contribution in [2.24, 2.45) is 0 Å². The molecule has 0 bridgehead atoms. The number of nitrogens with zero attached hydrogens (tertiary/aromatic N) is 1. The van der Waals surface area contributed by atoms with E-state index in [1.807, 2.05) is 0 Å². The van der Waals surface area contributed by atoms with E-state index in [2.05, 4.69) is 7.05 Å². The quantitative estimate of drug-likeness (QED) is 0.378. The van der Waals surface area contributed by atoms with Crippen molar-refractivity contribution in [3.63, 3.8) is 0 Å². The van der Waals surface area contributed by atoms with Crippen LogP contribution in [-0.4, -0.2) is 49.0 Å². The number of phenolic OH excluding ortho intramolecular Hbond substituents is 1. The number of non-ortho nitro benzene ring substituents is 1. The lowest BCUT2D eigenvalue weighted by molar-refractivity contribution is -1.01. The van der Waals surface area contributed by atoms with Crippen molar-refractivity contribution in [3.8, 4) is 11.5 Å². The number of nitro benzene ring substituents is 1. The molecule has 0 aromatic heterocycles. The second-order valence-corrected chi connectivity index (χ2v) is 7.62. The number of Topliss-reactive ketones (excluding diaryl/α,β-unsaturated/α-hetero) is 1. The predicted octanol–water partition coefficient (Wildman–Crippen LogP) is -0.170. The molecule has 150 valence electrons. The number of fused-ring (bicyclic) bond motifs is 1. The number of nitro groups is 1. The van der Waals surface area contributed by atoms with Crippen LogP contribution in [0.2, 0.25) is 0 Å². The molecule has 4 rings (SSSR count). The fraction of sp³-hybridized carbons (Fsp3) is 0.286. The van der Waals surface area contributed by atoms with E-state index in [1.165, 1.54) is 34.1 Å². The Kier molecular flexibility index (Phi) is 5.04. The fourth-order valence-corrected chi connectivity index (χ4v) is 3.80. The number of hydrogen-bond donors (Lipinski definition) is 3. The highest BCUT2D eigenvalue weighted by Gasteiger charge is 2.33. The molecule has 2 aromatic rings. The smallest absolute Gasteiger partial charge is 0.270 e. The monoisotopic (exact) mass is 397 g/mol. The van der Waals surface area contributed by atoms with Gasteiger partial charge in [-0.2, -0.15) is 0 Å². The predicted molar refractivity (Wildman–Crippen MR) is 105 cm³/mol. The maximum Gasteiger partial charge on any atom is 0.270 e. The molecule has 0 radical (unpaired) electrons. The topological polar surface area (TPSA) is 98.6 Å². The number of benzene rings is 2. The molecule has 8 heteroatoms. The van der Waals surface area contributed by atoms with Gasteiger partial charge in [0.25, 0.3) is 5.69 Å². The van der Waals surface area contributed by atoms with E-state index in [4.69, 9.17) is 4.74 Å². The van der Waals surface area contributed by atoms with Crippen molar-refractivity contribution < 1.29 is 29.4 Å². The molecule has 0 amide bonds. The molecule has 2 aliphatic heterocycles. The molecule has 0 aliphatic carbocycles. The summed E-state index contributed by atoms with van der Waals surface area (Å²) in [5, 5.41) is 21.4. The molecule has 2 aliphatic rings. The standard InChI is InChI=1S/C21H21N3O5/c1-22-7-9-23(10-8-22)13-17-18(25)6-5-16-20(26)19(29-21(16)17)12-14-3-2-4-15(11-14)24(27)28/h2-6,11-12,25H,7-10,13H2,1H3/p+2/b19-12-. The number of piperazine rings is 1. The van der Waals surface area contributed by atoms with Crippen LogP contribution in [0.4, 0.5) is 5.69 Å². The van der Waals surface area contributed by atoms with Gasteiger partial charge in [0.2, 0.25) is 5.78 Å². The van der Waals surface area contributed by atoms with Gasteiger partial charge in [0.1, 0.15) is 38.5 Å². The molecule has 2 heterocycles. The van der Waals surface area contributed by atoms with E-state index in [9.17, 15) is 20.0 Å². The van der Waals surface area contributed by atoms with E-state index in [0.29, 0.717) is 29.0 Å². The van der Waals surface area contributed by atoms with Gasteiger partial charge in [0.15, 0.2) is 11.5 Å². The van der Waals surface area contributed by atoms with Crippen molar-refractivity contribution in [2.75, 3.05) is 33.2 Å². The van der Waals surface area contributed by atoms with Gasteiger partial charge in [0, 0.05) is 12.1 Å². The van der Waals surface area contributed by atoms with Gasteiger partial charge in [-0.25, -0.2) is 0 Å². The molecule has 2 aromatic carbocycles. The third-order valence-electron chi connectivity index (χ3n) is 5.53. The van der Waals surface area contributed by atoms with Gasteiger partial charge >= 0.3 is 0 Å². The van der Waals surface area contributed by atoms with E-state index in [0.717, 1.165) is 26.2 Å². The zero-order chi connectivity index (χ0) is 20.5. The number of likely N-dealkylation sites (N-methyl/N-ethyl adjacent to an activating group) is 1. The Bertz CT molecular complexity index is 1010. The van der Waals surface area contributed by atoms with Gasteiger partial charge < -0.3 is 19.6 Å². The van der Waals surface area contributed by atoms with Crippen molar-refractivity contribution in [1.29, 1.82) is 0 Å². The Balaban J connectivity index is 1.62. The summed E-state index contributed by atoms with van der Waals surface area (Å²) in [5.74, 6) is 0.327. The second kappa shape index (κ2) is 7.65. The maximum absolute atomic E-state index is 12.8. The highest BCUT2D eigenvalue weighted by molar-refractivity contribution is 6.15. The Morgan fingerprint density at radius 2 is 1.97 bits per heavy atom. The third-order valence-corrected chi connectivity index (χ3v) is 5.53. The third kappa shape index (κ3) is 3.85. The molecule has 0 spiro atoms. The van der Waals surface area contributed by atoms with Crippen LogP contribution >= 0.6 is 0 Å². The Morgan fingerprint density at radius 1 is 1.21 bits per heavy atom. The molecule has 8 nitrogen and oxygen atoms in total. The van der Waals surface area contributed by atoms with E-state index < -0.39 is 4.92 Å². The molecule has 1 saturated heterocycles. The van der Waals surface area contributed by atoms with Crippen LogP contribution < -0.4 is 14.5 Å². The minimum absolute atomic E-state index is 0.0542. The molecule has 3 N–H and O–H groups in total. The van der Waals surface area contributed by atoms with Crippen LogP contribution in [0.15, 0.2) is 42.2 Å². The van der Waals surface area contributed by atoms with Gasteiger partial charge in [0.05, 0.1) is 23.1 Å². The highest BCUT2D eigenvalue weighted by atomic mass is 16.6. The fourth-order valence-electron chi connectivity index (χ4n) is 3.80. The first-order chi connectivity index (χ1) is 13.9. The lowest BCUT2D eigenvalue weighted by Gasteiger charge is -2.27. The zero-order valence-corrected chi connectivity index (χ0v) is 16.1. The minimum atomic E-state index is -0.481. The first-order valence-electron chi connectivity index (χ1n) is 9.61. The minimum Gasteiger partial charge on any atom is -0.507 e. The van der Waals surface area contributed by atoms with E-state index in [1.54, 1.807) is 18.2 Å². The van der Waals surface area contributed by atoms with Crippen molar-refractivity contribution in [1.82, 2.24) is 0 Å². The van der Waals surface area contributed by atoms with Crippen LogP contribution in [0.3, 0.4) is 0 Å². The summed E-state index contributed by atoms with van der Waals surface area (Å²) in [4.78, 5) is 26.1. The van der Waals surface area contributed by atoms with Crippen LogP contribution in [-0.2, 0) is 6.54 Å². The molecular formula is C21H23N3O5+2. The van der Waals surface area contributed by atoms with Crippen molar-refractivity contribution >= 4 is 17.5 Å². The summed E-state index contributed by atoms with van der Waals surface area (Å²) >= 11 is 0. The van der Waals surface area contributed by atoms with Gasteiger partial charge in [-0.05, 0) is 23.8 Å². The van der Waals surface area contributed by atoms with E-state index >= 15 is 0 Å². The summed E-state index contributed by atoms with van der Waals surface area (Å²) in [5.41, 5.74) is 1.50. The summed E-state index contributed by atoms with van der Waals surface area (Å²) in [7, 11) is 2.17. The number of ketones is 1. The van der Waals surface area contributed by atoms with Gasteiger partial charge in [-0.1, -0.05) is 12.1 Å². The number of carbonyl (C=O) groups is 1. The van der Waals surface area contributed by atoms with Crippen molar-refractivity contribution in [3.05, 3.63) is 69.0 Å². The van der Waals surface area contributed by atoms with Crippen LogP contribution in [0.5, 0.6) is 11.5 Å².